The molecule has 0 radical (unpaired) electrons. The third-order valence-corrected chi connectivity index (χ3v) is 4.65. The molecule has 2 unspecified atom stereocenters. The number of likely N-dealkylation sites (tertiary alicyclic amines) is 1. The lowest BCUT2D eigenvalue weighted by Crippen LogP contribution is -2.45. The molecule has 0 amide bonds. The molecule has 0 bridgehead atoms. The highest BCUT2D eigenvalue weighted by Crippen LogP contribution is 2.15. The lowest BCUT2D eigenvalue weighted by Gasteiger charge is -2.33. The van der Waals surface area contributed by atoms with Crippen LogP contribution in [0.3, 0.4) is 0 Å². The number of nitrogens with one attached hydrogen (secondary N) is 1. The second kappa shape index (κ2) is 8.40. The maximum absolute atomic E-state index is 5.19. The van der Waals surface area contributed by atoms with E-state index >= 15 is 0 Å². The molecule has 1 aliphatic heterocycles. The normalized spacial score (nSPS) is 21.2. The van der Waals surface area contributed by atoms with Gasteiger partial charge in [0.2, 0.25) is 0 Å². The fourth-order valence-corrected chi connectivity index (χ4v) is 3.02. The Morgan fingerprint density at radius 1 is 1.29 bits per heavy atom. The first-order chi connectivity index (χ1) is 10.2. The molecule has 1 N–H and O–H groups in total. The Balaban J connectivity index is 1.67. The van der Waals surface area contributed by atoms with Crippen LogP contribution in [0.25, 0.3) is 0 Å². The fraction of sp³-hybridized carbons (Fsp3) is 0.667. The number of likely N-dealkylation sites (N-methyl/N-ethyl adjacent to an activating group) is 1. The molecular formula is C18H30N2O. The van der Waals surface area contributed by atoms with E-state index in [4.69, 9.17) is 4.74 Å². The molecule has 0 aromatic heterocycles. The van der Waals surface area contributed by atoms with Crippen molar-refractivity contribution in [2.75, 3.05) is 27.2 Å². The molecule has 1 heterocycles. The molecule has 0 spiro atoms. The summed E-state index contributed by atoms with van der Waals surface area (Å²) in [5, 5.41) is 3.71. The lowest BCUT2D eigenvalue weighted by molar-refractivity contribution is 0.178. The highest BCUT2D eigenvalue weighted by atomic mass is 16.5. The van der Waals surface area contributed by atoms with Crippen molar-refractivity contribution in [1.29, 1.82) is 0 Å². The van der Waals surface area contributed by atoms with Gasteiger partial charge in [-0.05, 0) is 63.9 Å². The number of nitrogens with zero attached hydrogens (tertiary/aromatic N) is 1. The zero-order valence-corrected chi connectivity index (χ0v) is 13.8. The molecule has 3 heteroatoms. The van der Waals surface area contributed by atoms with E-state index in [1.807, 2.05) is 12.1 Å². The van der Waals surface area contributed by atoms with Gasteiger partial charge in [-0.1, -0.05) is 18.6 Å². The van der Waals surface area contributed by atoms with Gasteiger partial charge in [0.25, 0.3) is 0 Å². The molecule has 1 aromatic rings. The highest BCUT2D eigenvalue weighted by molar-refractivity contribution is 5.27. The zero-order chi connectivity index (χ0) is 15.1. The van der Waals surface area contributed by atoms with E-state index in [1.165, 1.54) is 37.8 Å². The van der Waals surface area contributed by atoms with E-state index in [-0.39, 0.29) is 0 Å². The molecule has 21 heavy (non-hydrogen) atoms. The lowest BCUT2D eigenvalue weighted by atomic mass is 10.0. The van der Waals surface area contributed by atoms with Gasteiger partial charge in [-0.3, -0.25) is 0 Å². The van der Waals surface area contributed by atoms with Gasteiger partial charge in [0.1, 0.15) is 5.75 Å². The molecule has 118 valence electrons. The minimum atomic E-state index is 0.572. The van der Waals surface area contributed by atoms with Gasteiger partial charge in [-0.25, -0.2) is 0 Å². The van der Waals surface area contributed by atoms with Gasteiger partial charge in [0.15, 0.2) is 0 Å². The number of ether oxygens (including phenoxy) is 1. The van der Waals surface area contributed by atoms with Crippen LogP contribution in [-0.2, 0) is 6.42 Å². The van der Waals surface area contributed by atoms with Gasteiger partial charge >= 0.3 is 0 Å². The second-order valence-electron chi connectivity index (χ2n) is 6.33. The molecule has 1 saturated heterocycles. The van der Waals surface area contributed by atoms with Crippen LogP contribution in [0.5, 0.6) is 5.75 Å². The fourth-order valence-electron chi connectivity index (χ4n) is 3.02. The van der Waals surface area contributed by atoms with Crippen LogP contribution in [0.15, 0.2) is 24.3 Å². The van der Waals surface area contributed by atoms with Crippen LogP contribution in [0.2, 0.25) is 0 Å². The van der Waals surface area contributed by atoms with E-state index in [2.05, 4.69) is 36.3 Å². The van der Waals surface area contributed by atoms with Crippen molar-refractivity contribution in [3.05, 3.63) is 29.8 Å². The van der Waals surface area contributed by atoms with E-state index in [0.717, 1.165) is 24.8 Å². The summed E-state index contributed by atoms with van der Waals surface area (Å²) in [6, 6.07) is 9.72. The summed E-state index contributed by atoms with van der Waals surface area (Å²) in [7, 11) is 3.97. The van der Waals surface area contributed by atoms with Crippen molar-refractivity contribution < 1.29 is 4.74 Å². The Kier molecular flexibility index (Phi) is 6.52. The average molecular weight is 290 g/mol. The minimum absolute atomic E-state index is 0.572. The van der Waals surface area contributed by atoms with Crippen LogP contribution in [-0.4, -0.2) is 44.2 Å². The predicted octanol–water partition coefficient (Wildman–Crippen LogP) is 3.09. The molecule has 3 nitrogen and oxygen atoms in total. The Morgan fingerprint density at radius 3 is 2.71 bits per heavy atom. The van der Waals surface area contributed by atoms with Gasteiger partial charge in [0, 0.05) is 18.6 Å². The third kappa shape index (κ3) is 5.33. The van der Waals surface area contributed by atoms with Gasteiger partial charge in [-0.2, -0.15) is 0 Å². The first kappa shape index (κ1) is 16.3. The Hall–Kier alpha value is -1.06. The molecule has 0 saturated carbocycles. The number of hydrogen-bond donors (Lipinski definition) is 1. The summed E-state index contributed by atoms with van der Waals surface area (Å²) in [5.74, 6) is 0.935. The number of methoxy groups -OCH3 is 1. The predicted molar refractivity (Wildman–Crippen MR) is 89.0 cm³/mol. The summed E-state index contributed by atoms with van der Waals surface area (Å²) in [6.45, 7) is 4.68. The number of piperidine rings is 1. The zero-order valence-electron chi connectivity index (χ0n) is 13.8. The molecule has 0 aliphatic carbocycles. The standard InChI is InChI=1S/C18H30N2O/c1-15(19-14-17-6-4-5-13-20(17)2)7-8-16-9-11-18(21-3)12-10-16/h9-12,15,17,19H,4-8,13-14H2,1-3H3. The van der Waals surface area contributed by atoms with Crippen LogP contribution >= 0.6 is 0 Å². The van der Waals surface area contributed by atoms with Crippen molar-refractivity contribution in [2.24, 2.45) is 0 Å². The topological polar surface area (TPSA) is 24.5 Å². The Morgan fingerprint density at radius 2 is 2.05 bits per heavy atom. The number of benzene rings is 1. The van der Waals surface area contributed by atoms with Crippen LogP contribution in [0.1, 0.15) is 38.2 Å². The van der Waals surface area contributed by atoms with Crippen molar-refractivity contribution >= 4 is 0 Å². The van der Waals surface area contributed by atoms with Crippen molar-refractivity contribution in [1.82, 2.24) is 10.2 Å². The Labute approximate surface area is 129 Å². The number of hydrogen-bond acceptors (Lipinski definition) is 3. The maximum atomic E-state index is 5.19. The first-order valence-electron chi connectivity index (χ1n) is 8.25. The molecular weight excluding hydrogens is 260 g/mol. The Bertz CT molecular complexity index is 404. The number of aryl methyl sites for hydroxylation is 1. The van der Waals surface area contributed by atoms with Crippen molar-refractivity contribution in [2.45, 2.75) is 51.1 Å². The van der Waals surface area contributed by atoms with E-state index < -0.39 is 0 Å². The largest absolute Gasteiger partial charge is 0.497 e. The van der Waals surface area contributed by atoms with Crippen molar-refractivity contribution in [3.8, 4) is 5.75 Å². The van der Waals surface area contributed by atoms with Crippen LogP contribution < -0.4 is 10.1 Å². The van der Waals surface area contributed by atoms with Gasteiger partial charge in [-0.15, -0.1) is 0 Å². The second-order valence-corrected chi connectivity index (χ2v) is 6.33. The molecule has 1 fully saturated rings. The van der Waals surface area contributed by atoms with Crippen LogP contribution in [0.4, 0.5) is 0 Å². The smallest absolute Gasteiger partial charge is 0.118 e. The van der Waals surface area contributed by atoms with E-state index in [9.17, 15) is 0 Å². The molecule has 1 aromatic carbocycles. The third-order valence-electron chi connectivity index (χ3n) is 4.65. The molecule has 1 aliphatic rings. The summed E-state index contributed by atoms with van der Waals surface area (Å²) in [5.41, 5.74) is 1.39. The molecule has 2 atom stereocenters. The minimum Gasteiger partial charge on any atom is -0.497 e. The quantitative estimate of drug-likeness (QED) is 0.835. The monoisotopic (exact) mass is 290 g/mol. The maximum Gasteiger partial charge on any atom is 0.118 e. The highest BCUT2D eigenvalue weighted by Gasteiger charge is 2.18. The van der Waals surface area contributed by atoms with Crippen molar-refractivity contribution in [3.63, 3.8) is 0 Å². The van der Waals surface area contributed by atoms with E-state index in [1.54, 1.807) is 7.11 Å². The molecule has 2 rings (SSSR count). The summed E-state index contributed by atoms with van der Waals surface area (Å²) >= 11 is 0. The number of rotatable bonds is 7. The first-order valence-corrected chi connectivity index (χ1v) is 8.25. The summed E-state index contributed by atoms with van der Waals surface area (Å²) in [4.78, 5) is 2.51. The van der Waals surface area contributed by atoms with Gasteiger partial charge in [0.05, 0.1) is 7.11 Å². The van der Waals surface area contributed by atoms with Crippen LogP contribution in [0, 0.1) is 0 Å². The SMILES string of the molecule is COc1ccc(CCC(C)NCC2CCCCN2C)cc1. The van der Waals surface area contributed by atoms with E-state index in [0.29, 0.717) is 6.04 Å². The van der Waals surface area contributed by atoms with Gasteiger partial charge < -0.3 is 15.0 Å². The summed E-state index contributed by atoms with van der Waals surface area (Å²) in [6.07, 6.45) is 6.40. The average Bonchev–Trinajstić information content (AvgIpc) is 2.52. The summed E-state index contributed by atoms with van der Waals surface area (Å²) < 4.78 is 5.19.